The maximum atomic E-state index is 12.5. The molecule has 0 radical (unpaired) electrons. The van der Waals surface area contributed by atoms with E-state index in [0.29, 0.717) is 16.8 Å². The zero-order valence-electron chi connectivity index (χ0n) is 16.8. The first-order chi connectivity index (χ1) is 15.0. The normalized spacial score (nSPS) is 12.9. The van der Waals surface area contributed by atoms with Gasteiger partial charge in [0.05, 0.1) is 17.7 Å². The number of imidazole rings is 1. The van der Waals surface area contributed by atoms with Crippen molar-refractivity contribution in [2.24, 2.45) is 0 Å². The molecule has 1 aliphatic rings. The number of anilines is 1. The van der Waals surface area contributed by atoms with Crippen molar-refractivity contribution in [3.8, 4) is 0 Å². The van der Waals surface area contributed by atoms with E-state index in [1.165, 1.54) is 0 Å². The maximum absolute atomic E-state index is 12.5. The average Bonchev–Trinajstić information content (AvgIpc) is 3.25. The molecule has 0 aliphatic carbocycles. The topological polar surface area (TPSA) is 110 Å². The molecule has 4 rings (SSSR count). The molecule has 9 nitrogen and oxygen atoms in total. The number of fused-ring (bicyclic) bond motifs is 2. The molecule has 9 heteroatoms. The van der Waals surface area contributed by atoms with Gasteiger partial charge in [-0.1, -0.05) is 18.2 Å². The van der Waals surface area contributed by atoms with Crippen LogP contribution < -0.4 is 5.32 Å². The lowest BCUT2D eigenvalue weighted by atomic mass is 10.1. The summed E-state index contributed by atoms with van der Waals surface area (Å²) in [5.41, 5.74) is 1.26. The minimum atomic E-state index is -0.632. The Balaban J connectivity index is 1.43. The molecule has 1 N–H and O–H groups in total. The summed E-state index contributed by atoms with van der Waals surface area (Å²) in [7, 11) is 0. The summed E-state index contributed by atoms with van der Waals surface area (Å²) in [5.74, 6) is -1.49. The van der Waals surface area contributed by atoms with Gasteiger partial charge in [-0.15, -0.1) is 0 Å². The van der Waals surface area contributed by atoms with Crippen molar-refractivity contribution in [2.45, 2.75) is 19.8 Å². The molecular weight excluding hydrogens is 400 g/mol. The van der Waals surface area contributed by atoms with Crippen molar-refractivity contribution < 1.29 is 23.9 Å². The van der Waals surface area contributed by atoms with E-state index in [-0.39, 0.29) is 55.2 Å². The lowest BCUT2D eigenvalue weighted by Crippen LogP contribution is -2.31. The van der Waals surface area contributed by atoms with E-state index in [4.69, 9.17) is 4.74 Å². The number of esters is 1. The number of ether oxygens (including phenoxy) is 1. The molecule has 1 aromatic carbocycles. The van der Waals surface area contributed by atoms with E-state index in [9.17, 15) is 19.2 Å². The Bertz CT molecular complexity index is 1160. The molecule has 0 spiro atoms. The van der Waals surface area contributed by atoms with Gasteiger partial charge in [0.25, 0.3) is 11.8 Å². The molecular formula is C22H20N4O5. The van der Waals surface area contributed by atoms with E-state index in [1.807, 2.05) is 0 Å². The first-order valence-electron chi connectivity index (χ1n) is 9.90. The summed E-state index contributed by atoms with van der Waals surface area (Å²) in [4.78, 5) is 55.0. The first-order valence-corrected chi connectivity index (χ1v) is 9.90. The minimum Gasteiger partial charge on any atom is -0.461 e. The monoisotopic (exact) mass is 420 g/mol. The number of hydrogen-bond donors (Lipinski definition) is 1. The molecule has 0 bridgehead atoms. The zero-order chi connectivity index (χ0) is 22.0. The van der Waals surface area contributed by atoms with Gasteiger partial charge in [-0.3, -0.25) is 23.7 Å². The van der Waals surface area contributed by atoms with Crippen LogP contribution in [0, 0.1) is 0 Å². The van der Waals surface area contributed by atoms with Gasteiger partial charge in [-0.2, -0.15) is 0 Å². The number of carbonyl (C=O) groups is 4. The number of pyridine rings is 1. The molecule has 1 aliphatic heterocycles. The van der Waals surface area contributed by atoms with Crippen molar-refractivity contribution in [2.75, 3.05) is 18.5 Å². The standard InChI is InChI=1S/C22H20N4O5/c1-2-31-22(30)18-19(25-12-6-5-10-16(25)23-18)24-17(27)11-7-13-26-20(28)14-8-3-4-9-15(14)21(26)29/h3-6,8-10,12H,2,7,11,13H2,1H3,(H,24,27). The molecule has 0 unspecified atom stereocenters. The molecule has 2 aromatic heterocycles. The maximum Gasteiger partial charge on any atom is 0.360 e. The van der Waals surface area contributed by atoms with Gasteiger partial charge >= 0.3 is 5.97 Å². The number of rotatable bonds is 7. The van der Waals surface area contributed by atoms with Crippen LogP contribution in [0.3, 0.4) is 0 Å². The number of amides is 3. The predicted molar refractivity (Wildman–Crippen MR) is 111 cm³/mol. The van der Waals surface area contributed by atoms with Gasteiger partial charge in [0.15, 0.2) is 11.5 Å². The lowest BCUT2D eigenvalue weighted by molar-refractivity contribution is -0.116. The Morgan fingerprint density at radius 3 is 2.39 bits per heavy atom. The minimum absolute atomic E-state index is 0.0155. The van der Waals surface area contributed by atoms with Crippen LogP contribution in [-0.2, 0) is 9.53 Å². The van der Waals surface area contributed by atoms with Gasteiger partial charge in [0, 0.05) is 19.2 Å². The van der Waals surface area contributed by atoms with Crippen molar-refractivity contribution >= 4 is 35.2 Å². The number of benzene rings is 1. The van der Waals surface area contributed by atoms with E-state index in [0.717, 1.165) is 4.90 Å². The fourth-order valence-electron chi connectivity index (χ4n) is 3.49. The van der Waals surface area contributed by atoms with Crippen LogP contribution in [0.2, 0.25) is 0 Å². The Kier molecular flexibility index (Phi) is 5.48. The lowest BCUT2D eigenvalue weighted by Gasteiger charge is -2.13. The molecule has 3 heterocycles. The zero-order valence-corrected chi connectivity index (χ0v) is 16.8. The second kappa shape index (κ2) is 8.39. The van der Waals surface area contributed by atoms with Gasteiger partial charge in [-0.25, -0.2) is 9.78 Å². The highest BCUT2D eigenvalue weighted by Gasteiger charge is 2.34. The number of nitrogens with zero attached hydrogens (tertiary/aromatic N) is 3. The second-order valence-corrected chi connectivity index (χ2v) is 6.92. The van der Waals surface area contributed by atoms with Crippen molar-refractivity contribution in [3.63, 3.8) is 0 Å². The van der Waals surface area contributed by atoms with Crippen LogP contribution in [0.15, 0.2) is 48.7 Å². The molecule has 31 heavy (non-hydrogen) atoms. The SMILES string of the molecule is CCOC(=O)c1nc2ccccn2c1NC(=O)CCCN1C(=O)c2ccccc2C1=O. The third kappa shape index (κ3) is 3.77. The number of imide groups is 1. The molecule has 0 saturated heterocycles. The predicted octanol–water partition coefficient (Wildman–Crippen LogP) is 2.53. The number of nitrogens with one attached hydrogen (secondary N) is 1. The van der Waals surface area contributed by atoms with E-state index in [1.54, 1.807) is 60.0 Å². The third-order valence-corrected chi connectivity index (χ3v) is 4.92. The van der Waals surface area contributed by atoms with E-state index >= 15 is 0 Å². The molecule has 0 saturated carbocycles. The van der Waals surface area contributed by atoms with Crippen molar-refractivity contribution in [3.05, 3.63) is 65.5 Å². The van der Waals surface area contributed by atoms with E-state index in [2.05, 4.69) is 10.3 Å². The third-order valence-electron chi connectivity index (χ3n) is 4.92. The molecule has 3 amide bonds. The summed E-state index contributed by atoms with van der Waals surface area (Å²) >= 11 is 0. The van der Waals surface area contributed by atoms with E-state index < -0.39 is 5.97 Å². The van der Waals surface area contributed by atoms with Crippen LogP contribution in [-0.4, -0.2) is 51.1 Å². The highest BCUT2D eigenvalue weighted by atomic mass is 16.5. The van der Waals surface area contributed by atoms with Gasteiger partial charge in [0.2, 0.25) is 5.91 Å². The molecule has 0 atom stereocenters. The fraction of sp³-hybridized carbons (Fsp3) is 0.227. The quantitative estimate of drug-likeness (QED) is 0.465. The van der Waals surface area contributed by atoms with Gasteiger partial charge < -0.3 is 10.1 Å². The van der Waals surface area contributed by atoms with Crippen LogP contribution in [0.1, 0.15) is 51.0 Å². The first kappa shape index (κ1) is 20.3. The van der Waals surface area contributed by atoms with Crippen LogP contribution >= 0.6 is 0 Å². The van der Waals surface area contributed by atoms with Crippen molar-refractivity contribution in [1.29, 1.82) is 0 Å². The highest BCUT2D eigenvalue weighted by molar-refractivity contribution is 6.21. The summed E-state index contributed by atoms with van der Waals surface area (Å²) < 4.78 is 6.63. The second-order valence-electron chi connectivity index (χ2n) is 6.92. The fourth-order valence-corrected chi connectivity index (χ4v) is 3.49. The number of carbonyl (C=O) groups excluding carboxylic acids is 4. The van der Waals surface area contributed by atoms with Crippen LogP contribution in [0.25, 0.3) is 5.65 Å². The smallest absolute Gasteiger partial charge is 0.360 e. The largest absolute Gasteiger partial charge is 0.461 e. The summed E-state index contributed by atoms with van der Waals surface area (Å²) in [6, 6.07) is 11.9. The average molecular weight is 420 g/mol. The summed E-state index contributed by atoms with van der Waals surface area (Å²) in [6.07, 6.45) is 2.01. The van der Waals surface area contributed by atoms with Crippen LogP contribution in [0.5, 0.6) is 0 Å². The Morgan fingerprint density at radius 1 is 1.03 bits per heavy atom. The number of aromatic nitrogens is 2. The molecule has 3 aromatic rings. The highest BCUT2D eigenvalue weighted by Crippen LogP contribution is 2.23. The van der Waals surface area contributed by atoms with Crippen LogP contribution in [0.4, 0.5) is 5.82 Å². The Hall–Kier alpha value is -4.01. The molecule has 0 fully saturated rings. The Labute approximate surface area is 177 Å². The summed E-state index contributed by atoms with van der Waals surface area (Å²) in [5, 5.41) is 2.71. The van der Waals surface area contributed by atoms with Gasteiger partial charge in [0.1, 0.15) is 5.65 Å². The number of hydrogen-bond acceptors (Lipinski definition) is 6. The Morgan fingerprint density at radius 2 is 1.71 bits per heavy atom. The molecule has 158 valence electrons. The van der Waals surface area contributed by atoms with Gasteiger partial charge in [-0.05, 0) is 37.6 Å². The summed E-state index contributed by atoms with van der Waals surface area (Å²) in [6.45, 7) is 1.99. The van der Waals surface area contributed by atoms with Crippen molar-refractivity contribution in [1.82, 2.24) is 14.3 Å².